The van der Waals surface area contributed by atoms with Gasteiger partial charge in [-0.05, 0) is 37.1 Å². The van der Waals surface area contributed by atoms with Crippen LogP contribution in [0.2, 0.25) is 0 Å². The van der Waals surface area contributed by atoms with Crippen molar-refractivity contribution >= 4 is 51.5 Å². The second kappa shape index (κ2) is 11.4. The zero-order valence-electron chi connectivity index (χ0n) is 18.6. The number of rotatable bonds is 5. The topological polar surface area (TPSA) is 47.9 Å². The number of nitrogens with one attached hydrogen (secondary N) is 1. The Hall–Kier alpha value is -1.19. The second-order valence-electron chi connectivity index (χ2n) is 8.54. The minimum Gasteiger partial charge on any atom is -0.355 e. The summed E-state index contributed by atoms with van der Waals surface area (Å²) in [4.78, 5) is 9.25. The van der Waals surface area contributed by atoms with Gasteiger partial charge in [0, 0.05) is 67.6 Å². The molecule has 0 spiro atoms. The normalized spacial score (nSPS) is 16.9. The molecular formula is C23H35IN4OS. The summed E-state index contributed by atoms with van der Waals surface area (Å²) in [5.74, 6) is 1.56. The lowest BCUT2D eigenvalue weighted by Gasteiger charge is -2.36. The summed E-state index contributed by atoms with van der Waals surface area (Å²) in [5, 5.41) is 6.05. The van der Waals surface area contributed by atoms with E-state index >= 15 is 0 Å². The van der Waals surface area contributed by atoms with Gasteiger partial charge in [-0.15, -0.1) is 24.0 Å². The standard InChI is InChI=1S/C23H34N4OS.HI/c1-23(2,3)29(28)17-12-25-22(24-4)27-15-13-26(14-16-27)18-20-10-7-9-19-8-5-6-11-21(19)20;/h5-11H,12-18H2,1-4H3,(H,24,25);1H. The fourth-order valence-electron chi connectivity index (χ4n) is 3.68. The highest BCUT2D eigenvalue weighted by Crippen LogP contribution is 2.20. The Kier molecular flexibility index (Phi) is 9.56. The largest absolute Gasteiger partial charge is 0.355 e. The van der Waals surface area contributed by atoms with E-state index in [1.807, 2.05) is 27.8 Å². The van der Waals surface area contributed by atoms with E-state index in [1.165, 1.54) is 16.3 Å². The molecule has 1 fully saturated rings. The van der Waals surface area contributed by atoms with E-state index in [4.69, 9.17) is 0 Å². The van der Waals surface area contributed by atoms with Crippen molar-refractivity contribution < 1.29 is 4.21 Å². The molecule has 0 amide bonds. The lowest BCUT2D eigenvalue weighted by molar-refractivity contribution is 0.173. The van der Waals surface area contributed by atoms with E-state index in [0.717, 1.165) is 38.7 Å². The van der Waals surface area contributed by atoms with Crippen LogP contribution in [-0.4, -0.2) is 70.2 Å². The highest BCUT2D eigenvalue weighted by molar-refractivity contribution is 14.0. The van der Waals surface area contributed by atoms with Crippen LogP contribution in [0.5, 0.6) is 0 Å². The van der Waals surface area contributed by atoms with Crippen molar-refractivity contribution in [2.24, 2.45) is 4.99 Å². The van der Waals surface area contributed by atoms with Crippen LogP contribution in [0.15, 0.2) is 47.5 Å². The van der Waals surface area contributed by atoms with E-state index in [0.29, 0.717) is 12.3 Å². The van der Waals surface area contributed by atoms with Crippen LogP contribution < -0.4 is 5.32 Å². The molecule has 2 aromatic rings. The average molecular weight is 543 g/mol. The van der Waals surface area contributed by atoms with Gasteiger partial charge in [0.15, 0.2) is 5.96 Å². The van der Waals surface area contributed by atoms with E-state index in [-0.39, 0.29) is 28.7 Å². The number of aliphatic imine (C=N–C) groups is 1. The number of halogens is 1. The molecule has 1 atom stereocenters. The highest BCUT2D eigenvalue weighted by atomic mass is 127. The number of nitrogens with zero attached hydrogens (tertiary/aromatic N) is 3. The lowest BCUT2D eigenvalue weighted by Crippen LogP contribution is -2.52. The van der Waals surface area contributed by atoms with Gasteiger partial charge in [-0.3, -0.25) is 14.1 Å². The Morgan fingerprint density at radius 3 is 2.40 bits per heavy atom. The second-order valence-corrected chi connectivity index (χ2v) is 10.9. The van der Waals surface area contributed by atoms with E-state index in [2.05, 4.69) is 62.6 Å². The first-order chi connectivity index (χ1) is 13.9. The van der Waals surface area contributed by atoms with Gasteiger partial charge in [0.1, 0.15) is 0 Å². The summed E-state index contributed by atoms with van der Waals surface area (Å²) in [6.45, 7) is 11.7. The van der Waals surface area contributed by atoms with Crippen LogP contribution in [0.3, 0.4) is 0 Å². The third-order valence-electron chi connectivity index (χ3n) is 5.41. The molecule has 166 valence electrons. The maximum Gasteiger partial charge on any atom is 0.193 e. The van der Waals surface area contributed by atoms with Crippen molar-refractivity contribution in [2.45, 2.75) is 32.1 Å². The van der Waals surface area contributed by atoms with Crippen LogP contribution in [0.4, 0.5) is 0 Å². The maximum atomic E-state index is 12.2. The minimum absolute atomic E-state index is 0. The fourth-order valence-corrected chi connectivity index (χ4v) is 4.58. The summed E-state index contributed by atoms with van der Waals surface area (Å²) in [5.41, 5.74) is 1.39. The monoisotopic (exact) mass is 542 g/mol. The van der Waals surface area contributed by atoms with E-state index in [1.54, 1.807) is 0 Å². The third-order valence-corrected chi connectivity index (χ3v) is 7.35. The molecule has 0 aliphatic carbocycles. The SMILES string of the molecule is CN=C(NCCS(=O)C(C)(C)C)N1CCN(Cc2cccc3ccccc23)CC1.I. The number of hydrogen-bond donors (Lipinski definition) is 1. The number of fused-ring (bicyclic) bond motifs is 1. The van der Waals surface area contributed by atoms with Crippen molar-refractivity contribution in [3.05, 3.63) is 48.0 Å². The summed E-state index contributed by atoms with van der Waals surface area (Å²) < 4.78 is 12.1. The van der Waals surface area contributed by atoms with Gasteiger partial charge in [-0.25, -0.2) is 0 Å². The molecular weight excluding hydrogens is 507 g/mol. The first kappa shape index (κ1) is 25.1. The molecule has 0 saturated carbocycles. The molecule has 1 aliphatic rings. The molecule has 7 heteroatoms. The molecule has 30 heavy (non-hydrogen) atoms. The molecule has 0 aromatic heterocycles. The smallest absolute Gasteiger partial charge is 0.193 e. The van der Waals surface area contributed by atoms with Gasteiger partial charge in [0.05, 0.1) is 0 Å². The van der Waals surface area contributed by atoms with Gasteiger partial charge in [-0.2, -0.15) is 0 Å². The lowest BCUT2D eigenvalue weighted by atomic mass is 10.0. The van der Waals surface area contributed by atoms with Crippen LogP contribution in [0.25, 0.3) is 10.8 Å². The van der Waals surface area contributed by atoms with Gasteiger partial charge in [-0.1, -0.05) is 42.5 Å². The quantitative estimate of drug-likeness (QED) is 0.356. The van der Waals surface area contributed by atoms with Crippen molar-refractivity contribution in [2.75, 3.05) is 45.5 Å². The first-order valence-electron chi connectivity index (χ1n) is 10.4. The van der Waals surface area contributed by atoms with Crippen LogP contribution in [0.1, 0.15) is 26.3 Å². The zero-order chi connectivity index (χ0) is 20.9. The van der Waals surface area contributed by atoms with Crippen molar-refractivity contribution in [1.82, 2.24) is 15.1 Å². The Bertz CT molecular complexity index is 868. The molecule has 1 saturated heterocycles. The average Bonchev–Trinajstić information content (AvgIpc) is 2.71. The molecule has 1 heterocycles. The predicted molar refractivity (Wildman–Crippen MR) is 140 cm³/mol. The first-order valence-corrected chi connectivity index (χ1v) is 11.7. The molecule has 0 bridgehead atoms. The predicted octanol–water partition coefficient (Wildman–Crippen LogP) is 3.70. The fraction of sp³-hybridized carbons (Fsp3) is 0.522. The summed E-state index contributed by atoms with van der Waals surface area (Å²) in [7, 11) is 0.980. The Labute approximate surface area is 200 Å². The van der Waals surface area contributed by atoms with Gasteiger partial charge in [0.25, 0.3) is 0 Å². The molecule has 0 radical (unpaired) electrons. The van der Waals surface area contributed by atoms with Gasteiger partial charge < -0.3 is 10.2 Å². The molecule has 1 unspecified atom stereocenters. The highest BCUT2D eigenvalue weighted by Gasteiger charge is 2.22. The summed E-state index contributed by atoms with van der Waals surface area (Å²) >= 11 is 0. The van der Waals surface area contributed by atoms with Crippen molar-refractivity contribution in [3.8, 4) is 0 Å². The van der Waals surface area contributed by atoms with Crippen molar-refractivity contribution in [3.63, 3.8) is 0 Å². The number of guanidine groups is 1. The van der Waals surface area contributed by atoms with Crippen LogP contribution in [-0.2, 0) is 17.3 Å². The molecule has 3 rings (SSSR count). The summed E-state index contributed by atoms with van der Waals surface area (Å²) in [6.07, 6.45) is 0. The van der Waals surface area contributed by atoms with Gasteiger partial charge in [0.2, 0.25) is 0 Å². The van der Waals surface area contributed by atoms with Crippen LogP contribution >= 0.6 is 24.0 Å². The van der Waals surface area contributed by atoms with E-state index < -0.39 is 10.8 Å². The molecule has 2 aromatic carbocycles. The maximum absolute atomic E-state index is 12.2. The Morgan fingerprint density at radius 2 is 1.73 bits per heavy atom. The number of hydrogen-bond acceptors (Lipinski definition) is 3. The number of benzene rings is 2. The summed E-state index contributed by atoms with van der Waals surface area (Å²) in [6, 6.07) is 15.2. The molecule has 1 N–H and O–H groups in total. The van der Waals surface area contributed by atoms with Gasteiger partial charge >= 0.3 is 0 Å². The third kappa shape index (κ3) is 6.65. The van der Waals surface area contributed by atoms with Crippen molar-refractivity contribution in [1.29, 1.82) is 0 Å². The Balaban J connectivity index is 0.00000320. The zero-order valence-corrected chi connectivity index (χ0v) is 21.7. The van der Waals surface area contributed by atoms with Crippen LogP contribution in [0, 0.1) is 0 Å². The Morgan fingerprint density at radius 1 is 1.07 bits per heavy atom. The van der Waals surface area contributed by atoms with E-state index in [9.17, 15) is 4.21 Å². The molecule has 5 nitrogen and oxygen atoms in total. The minimum atomic E-state index is -0.845. The molecule has 1 aliphatic heterocycles. The number of piperazine rings is 1.